The Bertz CT molecular complexity index is 654. The highest BCUT2D eigenvalue weighted by Gasteiger charge is 2.30. The molecule has 1 N–H and O–H groups in total. The van der Waals surface area contributed by atoms with Gasteiger partial charge in [0.2, 0.25) is 0 Å². The van der Waals surface area contributed by atoms with Crippen LogP contribution in [0.25, 0.3) is 5.82 Å². The quantitative estimate of drug-likeness (QED) is 0.917. The molecule has 3 rings (SSSR count). The number of amides is 1. The number of ether oxygens (including phenoxy) is 1. The zero-order valence-electron chi connectivity index (χ0n) is 13.5. The normalized spacial score (nSPS) is 20.8. The first-order chi connectivity index (χ1) is 11.1. The maximum absolute atomic E-state index is 12.4. The molecule has 0 spiro atoms. The summed E-state index contributed by atoms with van der Waals surface area (Å²) in [5, 5.41) is 7.12. The van der Waals surface area contributed by atoms with Crippen LogP contribution in [0.5, 0.6) is 0 Å². The van der Waals surface area contributed by atoms with Gasteiger partial charge < -0.3 is 10.1 Å². The SMILES string of the molecule is CC(C)[C@H]1OCC[C@H]1CNC(=O)c1cccc(-n2cccn2)n1. The van der Waals surface area contributed by atoms with Crippen LogP contribution in [0.4, 0.5) is 0 Å². The summed E-state index contributed by atoms with van der Waals surface area (Å²) >= 11 is 0. The van der Waals surface area contributed by atoms with Crippen LogP contribution < -0.4 is 5.32 Å². The third-order valence-corrected chi connectivity index (χ3v) is 4.15. The minimum absolute atomic E-state index is 0.159. The fourth-order valence-electron chi connectivity index (χ4n) is 3.01. The fourth-order valence-corrected chi connectivity index (χ4v) is 3.01. The lowest BCUT2D eigenvalue weighted by molar-refractivity contribution is 0.0533. The molecule has 0 aromatic carbocycles. The molecular formula is C17H22N4O2. The van der Waals surface area contributed by atoms with Crippen LogP contribution in [0.2, 0.25) is 0 Å². The van der Waals surface area contributed by atoms with Crippen molar-refractivity contribution in [2.75, 3.05) is 13.2 Å². The zero-order valence-corrected chi connectivity index (χ0v) is 13.5. The van der Waals surface area contributed by atoms with Crippen molar-refractivity contribution >= 4 is 5.91 Å². The fraction of sp³-hybridized carbons (Fsp3) is 0.471. The maximum Gasteiger partial charge on any atom is 0.269 e. The van der Waals surface area contributed by atoms with Gasteiger partial charge in [-0.1, -0.05) is 19.9 Å². The molecule has 3 heterocycles. The van der Waals surface area contributed by atoms with E-state index in [2.05, 4.69) is 29.2 Å². The number of hydrogen-bond acceptors (Lipinski definition) is 4. The van der Waals surface area contributed by atoms with Gasteiger partial charge in [-0.3, -0.25) is 4.79 Å². The predicted octanol–water partition coefficient (Wildman–Crippen LogP) is 2.06. The summed E-state index contributed by atoms with van der Waals surface area (Å²) in [5.41, 5.74) is 0.401. The highest BCUT2D eigenvalue weighted by Crippen LogP contribution is 2.26. The van der Waals surface area contributed by atoms with Crippen LogP contribution in [-0.2, 0) is 4.74 Å². The molecule has 1 saturated heterocycles. The Hall–Kier alpha value is -2.21. The average Bonchev–Trinajstić information content (AvgIpc) is 3.24. The summed E-state index contributed by atoms with van der Waals surface area (Å²) in [6.07, 6.45) is 4.69. The van der Waals surface area contributed by atoms with Gasteiger partial charge in [-0.2, -0.15) is 5.10 Å². The second-order valence-corrected chi connectivity index (χ2v) is 6.17. The summed E-state index contributed by atoms with van der Waals surface area (Å²) in [5.74, 6) is 1.30. The minimum Gasteiger partial charge on any atom is -0.378 e. The number of rotatable bonds is 5. The van der Waals surface area contributed by atoms with Gasteiger partial charge in [0.1, 0.15) is 5.69 Å². The van der Waals surface area contributed by atoms with Crippen LogP contribution >= 0.6 is 0 Å². The number of pyridine rings is 1. The summed E-state index contributed by atoms with van der Waals surface area (Å²) in [4.78, 5) is 16.7. The summed E-state index contributed by atoms with van der Waals surface area (Å²) in [6.45, 7) is 5.70. The first-order valence-corrected chi connectivity index (χ1v) is 8.02. The van der Waals surface area contributed by atoms with Crippen molar-refractivity contribution < 1.29 is 9.53 Å². The van der Waals surface area contributed by atoms with E-state index < -0.39 is 0 Å². The lowest BCUT2D eigenvalue weighted by Crippen LogP contribution is -2.35. The maximum atomic E-state index is 12.4. The molecule has 0 aliphatic carbocycles. The second kappa shape index (κ2) is 6.91. The number of nitrogens with one attached hydrogen (secondary N) is 1. The van der Waals surface area contributed by atoms with Crippen molar-refractivity contribution in [3.63, 3.8) is 0 Å². The molecule has 2 aromatic rings. The van der Waals surface area contributed by atoms with Gasteiger partial charge >= 0.3 is 0 Å². The van der Waals surface area contributed by atoms with Crippen LogP contribution in [-0.4, -0.2) is 39.9 Å². The van der Waals surface area contributed by atoms with Crippen molar-refractivity contribution in [1.29, 1.82) is 0 Å². The van der Waals surface area contributed by atoms with E-state index >= 15 is 0 Å². The monoisotopic (exact) mass is 314 g/mol. The van der Waals surface area contributed by atoms with Crippen molar-refractivity contribution in [3.8, 4) is 5.82 Å². The van der Waals surface area contributed by atoms with Gasteiger partial charge in [-0.05, 0) is 30.5 Å². The van der Waals surface area contributed by atoms with E-state index in [0.29, 0.717) is 29.9 Å². The molecule has 122 valence electrons. The van der Waals surface area contributed by atoms with Gasteiger partial charge in [0.15, 0.2) is 5.82 Å². The van der Waals surface area contributed by atoms with E-state index in [1.807, 2.05) is 18.2 Å². The molecule has 1 aliphatic heterocycles. The lowest BCUT2D eigenvalue weighted by Gasteiger charge is -2.22. The Morgan fingerprint density at radius 2 is 2.30 bits per heavy atom. The zero-order chi connectivity index (χ0) is 16.2. The van der Waals surface area contributed by atoms with Crippen molar-refractivity contribution in [2.45, 2.75) is 26.4 Å². The van der Waals surface area contributed by atoms with Crippen molar-refractivity contribution in [3.05, 3.63) is 42.4 Å². The van der Waals surface area contributed by atoms with E-state index in [4.69, 9.17) is 4.74 Å². The predicted molar refractivity (Wildman–Crippen MR) is 86.4 cm³/mol. The smallest absolute Gasteiger partial charge is 0.269 e. The van der Waals surface area contributed by atoms with E-state index in [-0.39, 0.29) is 12.0 Å². The third-order valence-electron chi connectivity index (χ3n) is 4.15. The van der Waals surface area contributed by atoms with E-state index in [0.717, 1.165) is 13.0 Å². The lowest BCUT2D eigenvalue weighted by atomic mass is 9.93. The number of hydrogen-bond donors (Lipinski definition) is 1. The number of carbonyl (C=O) groups excluding carboxylic acids is 1. The molecule has 2 aromatic heterocycles. The van der Waals surface area contributed by atoms with Gasteiger partial charge in [0.05, 0.1) is 6.10 Å². The van der Waals surface area contributed by atoms with Gasteiger partial charge in [-0.25, -0.2) is 9.67 Å². The number of carbonyl (C=O) groups is 1. The molecule has 0 saturated carbocycles. The molecule has 1 aliphatic rings. The summed E-state index contributed by atoms with van der Waals surface area (Å²) in [7, 11) is 0. The third kappa shape index (κ3) is 3.59. The van der Waals surface area contributed by atoms with Gasteiger partial charge in [0, 0.05) is 31.5 Å². The molecule has 0 radical (unpaired) electrons. The minimum atomic E-state index is -0.159. The molecule has 0 bridgehead atoms. The molecule has 2 atom stereocenters. The number of nitrogens with zero attached hydrogens (tertiary/aromatic N) is 3. The van der Waals surface area contributed by atoms with Crippen LogP contribution in [0.1, 0.15) is 30.8 Å². The summed E-state index contributed by atoms with van der Waals surface area (Å²) < 4.78 is 7.39. The first-order valence-electron chi connectivity index (χ1n) is 8.02. The Labute approximate surface area is 135 Å². The van der Waals surface area contributed by atoms with Crippen LogP contribution in [0.3, 0.4) is 0 Å². The highest BCUT2D eigenvalue weighted by molar-refractivity contribution is 5.92. The standard InChI is InChI=1S/C17H22N4O2/c1-12(2)16-13(7-10-23-16)11-18-17(22)14-5-3-6-15(20-14)21-9-4-8-19-21/h3-6,8-9,12-13,16H,7,10-11H2,1-2H3,(H,18,22)/t13-,16+/m0/s1. The van der Waals surface area contributed by atoms with E-state index in [1.54, 1.807) is 23.1 Å². The van der Waals surface area contributed by atoms with E-state index in [9.17, 15) is 4.79 Å². The topological polar surface area (TPSA) is 69.0 Å². The van der Waals surface area contributed by atoms with Crippen molar-refractivity contribution in [1.82, 2.24) is 20.1 Å². The second-order valence-electron chi connectivity index (χ2n) is 6.17. The van der Waals surface area contributed by atoms with Crippen LogP contribution in [0, 0.1) is 11.8 Å². The Morgan fingerprint density at radius 3 is 3.04 bits per heavy atom. The summed E-state index contributed by atoms with van der Waals surface area (Å²) in [6, 6.07) is 7.17. The Balaban J connectivity index is 1.64. The number of aromatic nitrogens is 3. The molecule has 6 heteroatoms. The molecule has 1 fully saturated rings. The van der Waals surface area contributed by atoms with Gasteiger partial charge in [0.25, 0.3) is 5.91 Å². The average molecular weight is 314 g/mol. The van der Waals surface area contributed by atoms with Gasteiger partial charge in [-0.15, -0.1) is 0 Å². The molecule has 23 heavy (non-hydrogen) atoms. The Kier molecular flexibility index (Phi) is 4.71. The molecular weight excluding hydrogens is 292 g/mol. The first kappa shape index (κ1) is 15.7. The van der Waals surface area contributed by atoms with Crippen LogP contribution in [0.15, 0.2) is 36.7 Å². The van der Waals surface area contributed by atoms with Crippen molar-refractivity contribution in [2.24, 2.45) is 11.8 Å². The largest absolute Gasteiger partial charge is 0.378 e. The molecule has 0 unspecified atom stereocenters. The van der Waals surface area contributed by atoms with E-state index in [1.165, 1.54) is 0 Å². The highest BCUT2D eigenvalue weighted by atomic mass is 16.5. The molecule has 1 amide bonds. The molecule has 6 nitrogen and oxygen atoms in total. The Morgan fingerprint density at radius 1 is 1.43 bits per heavy atom.